The predicted octanol–water partition coefficient (Wildman–Crippen LogP) is 3.09. The minimum atomic E-state index is -1.43. The molecule has 2 N–H and O–H groups in total. The van der Waals surface area contributed by atoms with Gasteiger partial charge in [0.15, 0.2) is 0 Å². The molecule has 2 saturated heterocycles. The summed E-state index contributed by atoms with van der Waals surface area (Å²) in [7, 11) is 1.57. The van der Waals surface area contributed by atoms with Crippen LogP contribution >= 0.6 is 0 Å². The topological polar surface area (TPSA) is 135 Å². The highest BCUT2D eigenvalue weighted by molar-refractivity contribution is 6.05. The third-order valence-electron chi connectivity index (χ3n) is 9.49. The van der Waals surface area contributed by atoms with Gasteiger partial charge < -0.3 is 34.4 Å². The maximum absolute atomic E-state index is 14.6. The number of benzene rings is 2. The second kappa shape index (κ2) is 14.1. The number of aliphatic hydroxyl groups is 1. The largest absolute Gasteiger partial charge is 0.497 e. The number of nitrogens with zero attached hydrogens (tertiary/aromatic N) is 2. The number of cyclic esters (lactones) is 1. The minimum Gasteiger partial charge on any atom is -0.497 e. The van der Waals surface area contributed by atoms with Crippen LogP contribution in [0.3, 0.4) is 0 Å². The van der Waals surface area contributed by atoms with Gasteiger partial charge in [-0.3, -0.25) is 19.2 Å². The Morgan fingerprint density at radius 2 is 1.77 bits per heavy atom. The number of unbranched alkanes of at least 4 members (excludes halogenated alkanes) is 2. The van der Waals surface area contributed by atoms with Gasteiger partial charge in [0.25, 0.3) is 5.91 Å². The van der Waals surface area contributed by atoms with Gasteiger partial charge >= 0.3 is 5.97 Å². The summed E-state index contributed by atoms with van der Waals surface area (Å²) in [5.74, 6) is -2.86. The van der Waals surface area contributed by atoms with Gasteiger partial charge in [-0.1, -0.05) is 54.6 Å². The molecule has 0 bridgehead atoms. The van der Waals surface area contributed by atoms with E-state index in [0.29, 0.717) is 42.7 Å². The third-order valence-corrected chi connectivity index (χ3v) is 9.49. The summed E-state index contributed by atoms with van der Waals surface area (Å²) < 4.78 is 18.2. The van der Waals surface area contributed by atoms with E-state index < -0.39 is 41.7 Å². The molecule has 1 spiro atoms. The smallest absolute Gasteiger partial charge is 0.313 e. The minimum absolute atomic E-state index is 0.0327. The van der Waals surface area contributed by atoms with E-state index >= 15 is 0 Å². The Kier molecular flexibility index (Phi) is 9.74. The first-order valence-electron chi connectivity index (χ1n) is 16.3. The molecular formula is C36H41N3O8. The van der Waals surface area contributed by atoms with E-state index in [-0.39, 0.29) is 50.4 Å². The summed E-state index contributed by atoms with van der Waals surface area (Å²) >= 11 is 0. The van der Waals surface area contributed by atoms with Crippen molar-refractivity contribution in [2.45, 2.75) is 56.0 Å². The zero-order chi connectivity index (χ0) is 33.0. The van der Waals surface area contributed by atoms with E-state index in [1.54, 1.807) is 59.4 Å². The van der Waals surface area contributed by atoms with Crippen LogP contribution in [0.2, 0.25) is 0 Å². The summed E-state index contributed by atoms with van der Waals surface area (Å²) in [6.45, 7) is 0.619. The summed E-state index contributed by atoms with van der Waals surface area (Å²) in [4.78, 5) is 59.2. The lowest BCUT2D eigenvalue weighted by Crippen LogP contribution is -2.55. The van der Waals surface area contributed by atoms with Crippen molar-refractivity contribution in [2.24, 2.45) is 11.8 Å². The maximum atomic E-state index is 14.6. The predicted molar refractivity (Wildman–Crippen MR) is 172 cm³/mol. The summed E-state index contributed by atoms with van der Waals surface area (Å²) in [6.07, 6.45) is 7.94. The number of carbonyl (C=O) groups excluding carboxylic acids is 4. The molecule has 4 aliphatic heterocycles. The second-order valence-corrected chi connectivity index (χ2v) is 12.3. The van der Waals surface area contributed by atoms with Gasteiger partial charge in [-0.25, -0.2) is 0 Å². The molecule has 0 radical (unpaired) electrons. The van der Waals surface area contributed by atoms with Crippen LogP contribution in [0.1, 0.15) is 43.8 Å². The number of allylic oxidation sites excluding steroid dienone is 1. The fraction of sp³-hybridized carbons (Fsp3) is 0.444. The number of carbonyl (C=O) groups is 4. The van der Waals surface area contributed by atoms with Crippen LogP contribution in [0.15, 0.2) is 78.9 Å². The van der Waals surface area contributed by atoms with E-state index in [4.69, 9.17) is 14.2 Å². The zero-order valence-corrected chi connectivity index (χ0v) is 26.5. The van der Waals surface area contributed by atoms with Gasteiger partial charge in [0.1, 0.15) is 29.4 Å². The molecule has 6 rings (SSSR count). The first kappa shape index (κ1) is 32.5. The van der Waals surface area contributed by atoms with E-state index in [9.17, 15) is 24.3 Å². The summed E-state index contributed by atoms with van der Waals surface area (Å²) in [6, 6.07) is 15.3. The molecule has 0 aromatic heterocycles. The first-order chi connectivity index (χ1) is 22.9. The Balaban J connectivity index is 1.40. The highest BCUT2D eigenvalue weighted by atomic mass is 16.6. The lowest BCUT2D eigenvalue weighted by Gasteiger charge is -2.35. The van der Waals surface area contributed by atoms with Crippen LogP contribution in [-0.2, 0) is 28.7 Å². The Bertz CT molecular complexity index is 1530. The molecule has 2 fully saturated rings. The van der Waals surface area contributed by atoms with Gasteiger partial charge in [0.2, 0.25) is 11.8 Å². The fourth-order valence-electron chi connectivity index (χ4n) is 7.21. The normalized spacial score (nSPS) is 29.9. The SMILES string of the molecule is COc1ccc(N2CC=C[C@]34O[C@@H]5/C=C\CCC(=O)NC[C@@H](c6ccccc6)OC(=O)[C@@H]5[C@H]3C(=O)N(CCCCCO)[C@@H]4C2=O)cc1. The number of anilines is 1. The molecule has 6 atom stereocenters. The van der Waals surface area contributed by atoms with Gasteiger partial charge in [-0.2, -0.15) is 0 Å². The highest BCUT2D eigenvalue weighted by Gasteiger charge is 2.71. The monoisotopic (exact) mass is 643 g/mol. The Hall–Kier alpha value is -4.48. The van der Waals surface area contributed by atoms with Gasteiger partial charge in [-0.05, 0) is 55.5 Å². The van der Waals surface area contributed by atoms with Crippen LogP contribution in [0.4, 0.5) is 5.69 Å². The second-order valence-electron chi connectivity index (χ2n) is 12.3. The van der Waals surface area contributed by atoms with E-state index in [2.05, 4.69) is 5.32 Å². The molecule has 0 aliphatic carbocycles. The van der Waals surface area contributed by atoms with Gasteiger partial charge in [-0.15, -0.1) is 0 Å². The molecule has 4 heterocycles. The number of amides is 3. The Labute approximate surface area is 274 Å². The van der Waals surface area contributed by atoms with Crippen molar-refractivity contribution in [2.75, 3.05) is 38.3 Å². The maximum Gasteiger partial charge on any atom is 0.313 e. The van der Waals surface area contributed by atoms with Crippen molar-refractivity contribution >= 4 is 29.4 Å². The number of rotatable bonds is 8. The number of esters is 1. The molecule has 0 saturated carbocycles. The standard InChI is InChI=1S/C36H41N3O8/c1-45-26-17-15-25(16-18-26)38-21-10-19-36-31(33(42)39(32(36)34(38)43)20-8-3-9-22-40)30-27(47-36)13-6-7-14-29(41)37-23-28(46-35(30)44)24-11-4-2-5-12-24/h2,4-6,10-13,15-19,27-28,30-32,40H,3,7-9,14,20-23H2,1H3,(H,37,41)/b13-6-/t27-,28+,30+,31+,32-,36+/m1/s1. The van der Waals surface area contributed by atoms with E-state index in [1.807, 2.05) is 36.4 Å². The molecule has 11 nitrogen and oxygen atoms in total. The molecule has 3 amide bonds. The van der Waals surface area contributed by atoms with E-state index in [1.165, 1.54) is 0 Å². The lowest BCUT2D eigenvalue weighted by molar-refractivity contribution is -0.159. The number of ether oxygens (including phenoxy) is 3. The molecular weight excluding hydrogens is 602 g/mol. The number of likely N-dealkylation sites (tertiary alicyclic amines) is 1. The fourth-order valence-corrected chi connectivity index (χ4v) is 7.21. The number of hydrogen-bond donors (Lipinski definition) is 2. The van der Waals surface area contributed by atoms with Crippen LogP contribution in [0, 0.1) is 11.8 Å². The van der Waals surface area contributed by atoms with Crippen molar-refractivity contribution in [3.8, 4) is 5.75 Å². The number of nitrogens with one attached hydrogen (secondary N) is 1. The number of fused-ring (bicyclic) bond motifs is 2. The van der Waals surface area contributed by atoms with Crippen molar-refractivity contribution in [1.82, 2.24) is 10.2 Å². The zero-order valence-electron chi connectivity index (χ0n) is 26.5. The molecule has 248 valence electrons. The lowest BCUT2D eigenvalue weighted by atomic mass is 9.78. The molecule has 2 aromatic rings. The quantitative estimate of drug-likeness (QED) is 0.255. The molecule has 11 heteroatoms. The van der Waals surface area contributed by atoms with E-state index in [0.717, 1.165) is 0 Å². The van der Waals surface area contributed by atoms with Crippen molar-refractivity contribution in [3.05, 3.63) is 84.5 Å². The van der Waals surface area contributed by atoms with Gasteiger partial charge in [0, 0.05) is 31.8 Å². The number of methoxy groups -OCH3 is 1. The van der Waals surface area contributed by atoms with Crippen molar-refractivity contribution in [1.29, 1.82) is 0 Å². The Morgan fingerprint density at radius 3 is 2.51 bits per heavy atom. The molecule has 0 unspecified atom stereocenters. The molecule has 47 heavy (non-hydrogen) atoms. The average molecular weight is 644 g/mol. The van der Waals surface area contributed by atoms with Crippen molar-refractivity contribution < 1.29 is 38.5 Å². The summed E-state index contributed by atoms with van der Waals surface area (Å²) in [5, 5.41) is 12.2. The van der Waals surface area contributed by atoms with Crippen LogP contribution < -0.4 is 15.0 Å². The Morgan fingerprint density at radius 1 is 0.979 bits per heavy atom. The summed E-state index contributed by atoms with van der Waals surface area (Å²) in [5.41, 5.74) is -0.0818. The average Bonchev–Trinajstić information content (AvgIpc) is 3.47. The van der Waals surface area contributed by atoms with Crippen molar-refractivity contribution in [3.63, 3.8) is 0 Å². The molecule has 4 aliphatic rings. The number of aliphatic hydroxyl groups excluding tert-OH is 1. The highest BCUT2D eigenvalue weighted by Crippen LogP contribution is 2.53. The third kappa shape index (κ3) is 6.29. The first-order valence-corrected chi connectivity index (χ1v) is 16.3. The number of hydrogen-bond acceptors (Lipinski definition) is 8. The van der Waals surface area contributed by atoms with Gasteiger partial charge in [0.05, 0.1) is 25.7 Å². The van der Waals surface area contributed by atoms with Crippen LogP contribution in [0.25, 0.3) is 0 Å². The van der Waals surface area contributed by atoms with Crippen LogP contribution in [-0.4, -0.2) is 84.8 Å². The van der Waals surface area contributed by atoms with Crippen LogP contribution in [0.5, 0.6) is 5.75 Å². The molecule has 2 aromatic carbocycles.